The number of aromatic hydroxyl groups is 1. The summed E-state index contributed by atoms with van der Waals surface area (Å²) in [6.07, 6.45) is -0.610. The summed E-state index contributed by atoms with van der Waals surface area (Å²) in [5.74, 6) is -6.38. The second-order valence-corrected chi connectivity index (χ2v) is 12.3. The Morgan fingerprint density at radius 1 is 0.680 bits per heavy atom. The molecule has 0 fully saturated rings. The minimum Gasteiger partial charge on any atom is -0.508 e. The third-order valence-corrected chi connectivity index (χ3v) is 7.44. The van der Waals surface area contributed by atoms with Gasteiger partial charge >= 0.3 is 11.9 Å². The van der Waals surface area contributed by atoms with E-state index in [0.29, 0.717) is 11.1 Å². The van der Waals surface area contributed by atoms with E-state index in [1.807, 2.05) is 0 Å². The van der Waals surface area contributed by atoms with E-state index in [1.165, 1.54) is 19.1 Å². The van der Waals surface area contributed by atoms with Gasteiger partial charge < -0.3 is 47.6 Å². The van der Waals surface area contributed by atoms with Crippen molar-refractivity contribution in [1.82, 2.24) is 26.6 Å². The van der Waals surface area contributed by atoms with Crippen LogP contribution >= 0.6 is 0 Å². The zero-order valence-corrected chi connectivity index (χ0v) is 28.2. The van der Waals surface area contributed by atoms with Crippen molar-refractivity contribution in [3.8, 4) is 5.75 Å². The molecule has 0 aliphatic carbocycles. The molecular weight excluding hydrogens is 652 g/mol. The SMILES string of the molecule is CC(C)C[C@H](NC(=O)[C@H](Cc1ccccc1)NC(=O)CNC(=O)[C@@H](C)NC(=O)[C@@H](N)Cc1ccc(O)cc1)C(=O)N[C@@H](CCC(=O)O)C(=O)O. The van der Waals surface area contributed by atoms with E-state index in [9.17, 15) is 43.8 Å². The minimum atomic E-state index is -1.50. The molecule has 272 valence electrons. The number of phenols is 1. The lowest BCUT2D eigenvalue weighted by molar-refractivity contribution is -0.143. The average Bonchev–Trinajstić information content (AvgIpc) is 3.05. The molecule has 2 aromatic rings. The van der Waals surface area contributed by atoms with E-state index in [1.54, 1.807) is 56.3 Å². The number of hydrogen-bond donors (Lipinski definition) is 9. The van der Waals surface area contributed by atoms with Gasteiger partial charge in [-0.25, -0.2) is 4.79 Å². The molecule has 0 spiro atoms. The standard InChI is InChI=1S/C34H46N6O10/c1-19(2)15-26(32(47)39-25(34(49)50)13-14-29(43)44)40-33(48)27(17-21-7-5-4-6-8-21)38-28(42)18-36-30(45)20(3)37-31(46)24(35)16-22-9-11-23(41)12-10-22/h4-12,19-20,24-27,41H,13-18,35H2,1-3H3,(H,36,45)(H,37,46)(H,38,42)(H,39,47)(H,40,48)(H,43,44)(H,49,50)/t20-,24+,25+,26+,27+/m1/s1. The van der Waals surface area contributed by atoms with Crippen LogP contribution < -0.4 is 32.3 Å². The van der Waals surface area contributed by atoms with Crippen molar-refractivity contribution < 1.29 is 48.9 Å². The molecule has 5 amide bonds. The molecule has 2 rings (SSSR count). The molecule has 50 heavy (non-hydrogen) atoms. The molecule has 0 heterocycles. The second-order valence-electron chi connectivity index (χ2n) is 12.3. The van der Waals surface area contributed by atoms with Crippen molar-refractivity contribution in [3.63, 3.8) is 0 Å². The van der Waals surface area contributed by atoms with E-state index >= 15 is 0 Å². The monoisotopic (exact) mass is 698 g/mol. The third kappa shape index (κ3) is 14.7. The molecule has 16 nitrogen and oxygen atoms in total. The van der Waals surface area contributed by atoms with E-state index in [2.05, 4.69) is 26.6 Å². The predicted octanol–water partition coefficient (Wildman–Crippen LogP) is -0.424. The van der Waals surface area contributed by atoms with E-state index in [4.69, 9.17) is 10.8 Å². The van der Waals surface area contributed by atoms with E-state index < -0.39 is 84.6 Å². The lowest BCUT2D eigenvalue weighted by Gasteiger charge is -2.25. The Kier molecular flexibility index (Phi) is 16.4. The molecular formula is C34H46N6O10. The topological polar surface area (TPSA) is 266 Å². The Hall–Kier alpha value is -5.51. The lowest BCUT2D eigenvalue weighted by Crippen LogP contribution is -2.57. The number of carbonyl (C=O) groups excluding carboxylic acids is 5. The Balaban J connectivity index is 2.06. The van der Waals surface area contributed by atoms with Crippen LogP contribution in [0.3, 0.4) is 0 Å². The van der Waals surface area contributed by atoms with Crippen molar-refractivity contribution in [2.45, 2.75) is 83.1 Å². The first-order valence-corrected chi connectivity index (χ1v) is 16.1. The summed E-state index contributed by atoms with van der Waals surface area (Å²) >= 11 is 0. The Labute approximate surface area is 289 Å². The number of phenolic OH excluding ortho intramolecular Hbond substituents is 1. The van der Waals surface area contributed by atoms with Gasteiger partial charge in [0.1, 0.15) is 29.9 Å². The molecule has 0 saturated carbocycles. The Morgan fingerprint density at radius 2 is 1.26 bits per heavy atom. The van der Waals surface area contributed by atoms with Crippen LogP contribution in [0.5, 0.6) is 5.75 Å². The minimum absolute atomic E-state index is 0.00409. The van der Waals surface area contributed by atoms with Crippen LogP contribution in [0.2, 0.25) is 0 Å². The maximum atomic E-state index is 13.5. The number of nitrogens with two attached hydrogens (primary N) is 1. The zero-order valence-electron chi connectivity index (χ0n) is 28.2. The largest absolute Gasteiger partial charge is 0.508 e. The first-order chi connectivity index (χ1) is 23.5. The highest BCUT2D eigenvalue weighted by Gasteiger charge is 2.31. The van der Waals surface area contributed by atoms with Crippen molar-refractivity contribution in [2.75, 3.05) is 6.54 Å². The van der Waals surface area contributed by atoms with Crippen molar-refractivity contribution >= 4 is 41.5 Å². The van der Waals surface area contributed by atoms with Gasteiger partial charge in [0, 0.05) is 12.8 Å². The Morgan fingerprint density at radius 3 is 1.84 bits per heavy atom. The first kappa shape index (κ1) is 40.7. The molecule has 0 unspecified atom stereocenters. The van der Waals surface area contributed by atoms with Gasteiger partial charge in [-0.2, -0.15) is 0 Å². The zero-order chi connectivity index (χ0) is 37.4. The number of rotatable bonds is 20. The highest BCUT2D eigenvalue weighted by molar-refractivity contribution is 5.95. The highest BCUT2D eigenvalue weighted by atomic mass is 16.4. The fraction of sp³-hybridized carbons (Fsp3) is 0.441. The number of carboxylic acid groups (broad SMARTS) is 2. The number of nitrogens with one attached hydrogen (secondary N) is 5. The van der Waals surface area contributed by atoms with Crippen LogP contribution in [0.25, 0.3) is 0 Å². The van der Waals surface area contributed by atoms with Gasteiger partial charge in [-0.15, -0.1) is 0 Å². The van der Waals surface area contributed by atoms with Crippen molar-refractivity contribution in [1.29, 1.82) is 0 Å². The fourth-order valence-electron chi connectivity index (χ4n) is 4.76. The average molecular weight is 699 g/mol. The molecule has 5 atom stereocenters. The number of hydrogen-bond acceptors (Lipinski definition) is 9. The van der Waals surface area contributed by atoms with Crippen molar-refractivity contribution in [3.05, 3.63) is 65.7 Å². The molecule has 0 aromatic heterocycles. The van der Waals surface area contributed by atoms with Crippen LogP contribution in [-0.4, -0.2) is 93.5 Å². The van der Waals surface area contributed by atoms with Crippen LogP contribution in [0, 0.1) is 5.92 Å². The molecule has 10 N–H and O–H groups in total. The molecule has 0 radical (unpaired) electrons. The van der Waals surface area contributed by atoms with Crippen LogP contribution in [0.15, 0.2) is 54.6 Å². The van der Waals surface area contributed by atoms with Gasteiger partial charge in [0.05, 0.1) is 12.6 Å². The van der Waals surface area contributed by atoms with Gasteiger partial charge in [0.25, 0.3) is 0 Å². The normalized spacial score (nSPS) is 13.9. The summed E-state index contributed by atoms with van der Waals surface area (Å²) in [7, 11) is 0. The summed E-state index contributed by atoms with van der Waals surface area (Å²) in [6, 6.07) is 8.83. The Bertz CT molecular complexity index is 1490. The molecule has 2 aromatic carbocycles. The van der Waals surface area contributed by atoms with Gasteiger partial charge in [-0.3, -0.25) is 28.8 Å². The molecule has 0 aliphatic heterocycles. The van der Waals surface area contributed by atoms with Gasteiger partial charge in [-0.05, 0) is 55.4 Å². The van der Waals surface area contributed by atoms with Crippen molar-refractivity contribution in [2.24, 2.45) is 11.7 Å². The predicted molar refractivity (Wildman–Crippen MR) is 180 cm³/mol. The quantitative estimate of drug-likeness (QED) is 0.0857. The van der Waals surface area contributed by atoms with Crippen LogP contribution in [0.1, 0.15) is 51.2 Å². The summed E-state index contributed by atoms with van der Waals surface area (Å²) in [4.78, 5) is 87.4. The number of amides is 5. The van der Waals surface area contributed by atoms with Gasteiger partial charge in [0.2, 0.25) is 29.5 Å². The summed E-state index contributed by atoms with van der Waals surface area (Å²) in [6.45, 7) is 4.41. The number of aliphatic carboxylic acids is 2. The van der Waals surface area contributed by atoms with E-state index in [-0.39, 0.29) is 37.4 Å². The summed E-state index contributed by atoms with van der Waals surface area (Å²) < 4.78 is 0. The number of benzene rings is 2. The lowest BCUT2D eigenvalue weighted by atomic mass is 10.0. The molecule has 0 bridgehead atoms. The maximum absolute atomic E-state index is 13.5. The summed E-state index contributed by atoms with van der Waals surface area (Å²) in [5, 5.41) is 40.1. The highest BCUT2D eigenvalue weighted by Crippen LogP contribution is 2.12. The van der Waals surface area contributed by atoms with Crippen LogP contribution in [0.4, 0.5) is 0 Å². The third-order valence-electron chi connectivity index (χ3n) is 7.44. The second kappa shape index (κ2) is 20.1. The van der Waals surface area contributed by atoms with Gasteiger partial charge in [0.15, 0.2) is 0 Å². The molecule has 16 heteroatoms. The van der Waals surface area contributed by atoms with E-state index in [0.717, 1.165) is 0 Å². The number of carboxylic acids is 2. The molecule has 0 aliphatic rings. The smallest absolute Gasteiger partial charge is 0.326 e. The van der Waals surface area contributed by atoms with Gasteiger partial charge in [-0.1, -0.05) is 56.3 Å². The number of carbonyl (C=O) groups is 7. The summed E-state index contributed by atoms with van der Waals surface area (Å²) in [5.41, 5.74) is 7.33. The maximum Gasteiger partial charge on any atom is 0.326 e. The first-order valence-electron chi connectivity index (χ1n) is 16.1. The van der Waals surface area contributed by atoms with Crippen LogP contribution in [-0.2, 0) is 46.4 Å². The molecule has 0 saturated heterocycles. The fourth-order valence-corrected chi connectivity index (χ4v) is 4.76.